The van der Waals surface area contributed by atoms with Crippen molar-refractivity contribution in [2.75, 3.05) is 0 Å². The van der Waals surface area contributed by atoms with Gasteiger partial charge in [-0.05, 0) is 31.5 Å². The molecule has 0 spiro atoms. The first-order valence-electron chi connectivity index (χ1n) is 4.08. The minimum atomic E-state index is -0.786. The van der Waals surface area contributed by atoms with Crippen molar-refractivity contribution >= 4 is 15.9 Å². The minimum Gasteiger partial charge on any atom is -0.508 e. The molecule has 0 unspecified atom stereocenters. The van der Waals surface area contributed by atoms with Crippen LogP contribution in [0.25, 0.3) is 0 Å². The summed E-state index contributed by atoms with van der Waals surface area (Å²) >= 11 is 3.25. The predicted molar refractivity (Wildman–Crippen MR) is 55.8 cm³/mol. The van der Waals surface area contributed by atoms with Gasteiger partial charge in [-0.15, -0.1) is 0 Å². The molecule has 0 aliphatic heterocycles. The van der Waals surface area contributed by atoms with Gasteiger partial charge < -0.3 is 10.2 Å². The molecule has 0 aromatic heterocycles. The van der Waals surface area contributed by atoms with Crippen LogP contribution < -0.4 is 0 Å². The van der Waals surface area contributed by atoms with E-state index in [0.29, 0.717) is 6.42 Å². The van der Waals surface area contributed by atoms with E-state index in [1.807, 2.05) is 6.07 Å². The molecule has 1 rings (SSSR count). The maximum absolute atomic E-state index is 9.54. The second-order valence-electron chi connectivity index (χ2n) is 3.76. The Labute approximate surface area is 86.3 Å². The zero-order chi connectivity index (χ0) is 10.1. The van der Waals surface area contributed by atoms with Gasteiger partial charge in [-0.25, -0.2) is 0 Å². The second kappa shape index (κ2) is 3.68. The Hall–Kier alpha value is -0.540. The van der Waals surface area contributed by atoms with Crippen LogP contribution in [0, 0.1) is 0 Å². The molecule has 0 bridgehead atoms. The quantitative estimate of drug-likeness (QED) is 0.840. The highest BCUT2D eigenvalue weighted by Gasteiger charge is 2.15. The molecule has 0 saturated heterocycles. The average Bonchev–Trinajstić information content (AvgIpc) is 1.93. The largest absolute Gasteiger partial charge is 0.508 e. The molecule has 0 saturated carbocycles. The lowest BCUT2D eigenvalue weighted by atomic mass is 9.98. The number of hydrogen-bond donors (Lipinski definition) is 2. The molecule has 1 aromatic rings. The van der Waals surface area contributed by atoms with Gasteiger partial charge in [0.15, 0.2) is 0 Å². The first-order chi connectivity index (χ1) is 5.88. The first kappa shape index (κ1) is 10.5. The fourth-order valence-corrected chi connectivity index (χ4v) is 1.50. The molecule has 1 aromatic carbocycles. The molecule has 0 atom stereocenters. The van der Waals surface area contributed by atoms with Crippen LogP contribution >= 0.6 is 15.9 Å². The van der Waals surface area contributed by atoms with Crippen molar-refractivity contribution in [1.29, 1.82) is 0 Å². The third kappa shape index (κ3) is 3.36. The van der Waals surface area contributed by atoms with Gasteiger partial charge in [0.1, 0.15) is 5.75 Å². The summed E-state index contributed by atoms with van der Waals surface area (Å²) in [5.74, 6) is 0.219. The van der Waals surface area contributed by atoms with Crippen molar-refractivity contribution in [3.05, 3.63) is 28.2 Å². The monoisotopic (exact) mass is 244 g/mol. The van der Waals surface area contributed by atoms with E-state index in [1.165, 1.54) is 0 Å². The Bertz CT molecular complexity index is 302. The van der Waals surface area contributed by atoms with Gasteiger partial charge in [-0.3, -0.25) is 0 Å². The number of hydrogen-bond acceptors (Lipinski definition) is 2. The lowest BCUT2D eigenvalue weighted by Crippen LogP contribution is -2.21. The Morgan fingerprint density at radius 2 is 2.00 bits per heavy atom. The summed E-state index contributed by atoms with van der Waals surface area (Å²) in [6.07, 6.45) is 0.451. The molecule has 0 amide bonds. The SMILES string of the molecule is CC(C)(O)Cc1ccc(Br)cc1O. The zero-order valence-electron chi connectivity index (χ0n) is 7.71. The Balaban J connectivity index is 2.90. The van der Waals surface area contributed by atoms with E-state index in [9.17, 15) is 10.2 Å². The van der Waals surface area contributed by atoms with Crippen molar-refractivity contribution in [2.45, 2.75) is 25.9 Å². The van der Waals surface area contributed by atoms with Gasteiger partial charge in [0, 0.05) is 10.9 Å². The number of phenolic OH excluding ortho intramolecular Hbond substituents is 1. The number of phenols is 1. The van der Waals surface area contributed by atoms with E-state index in [2.05, 4.69) is 15.9 Å². The zero-order valence-corrected chi connectivity index (χ0v) is 9.30. The molecule has 72 valence electrons. The molecule has 2 nitrogen and oxygen atoms in total. The van der Waals surface area contributed by atoms with E-state index >= 15 is 0 Å². The lowest BCUT2D eigenvalue weighted by molar-refractivity contribution is 0.0803. The molecular formula is C10H13BrO2. The van der Waals surface area contributed by atoms with Gasteiger partial charge in [-0.1, -0.05) is 22.0 Å². The van der Waals surface area contributed by atoms with Crippen LogP contribution in [0.4, 0.5) is 0 Å². The maximum Gasteiger partial charge on any atom is 0.119 e. The summed E-state index contributed by atoms with van der Waals surface area (Å²) in [6, 6.07) is 5.28. The van der Waals surface area contributed by atoms with Crippen molar-refractivity contribution in [3.63, 3.8) is 0 Å². The average molecular weight is 245 g/mol. The predicted octanol–water partition coefficient (Wildman–Crippen LogP) is 2.47. The van der Waals surface area contributed by atoms with Crippen molar-refractivity contribution in [2.24, 2.45) is 0 Å². The normalized spacial score (nSPS) is 11.7. The molecule has 13 heavy (non-hydrogen) atoms. The summed E-state index contributed by atoms with van der Waals surface area (Å²) in [5.41, 5.74) is -0.0265. The molecule has 0 fully saturated rings. The van der Waals surface area contributed by atoms with E-state index in [1.54, 1.807) is 26.0 Å². The number of rotatable bonds is 2. The van der Waals surface area contributed by atoms with Crippen LogP contribution in [0.15, 0.2) is 22.7 Å². The highest BCUT2D eigenvalue weighted by atomic mass is 79.9. The summed E-state index contributed by atoms with van der Waals surface area (Å²) in [6.45, 7) is 3.43. The lowest BCUT2D eigenvalue weighted by Gasteiger charge is -2.17. The summed E-state index contributed by atoms with van der Waals surface area (Å²) in [5, 5.41) is 19.1. The van der Waals surface area contributed by atoms with E-state index < -0.39 is 5.60 Å². The third-order valence-electron chi connectivity index (χ3n) is 1.67. The summed E-state index contributed by atoms with van der Waals surface area (Å²) in [7, 11) is 0. The molecule has 0 radical (unpaired) electrons. The Kier molecular flexibility index (Phi) is 2.98. The van der Waals surface area contributed by atoms with Gasteiger partial charge in [-0.2, -0.15) is 0 Å². The van der Waals surface area contributed by atoms with Crippen LogP contribution in [0.5, 0.6) is 5.75 Å². The highest BCUT2D eigenvalue weighted by molar-refractivity contribution is 9.10. The summed E-state index contributed by atoms with van der Waals surface area (Å²) in [4.78, 5) is 0. The fourth-order valence-electron chi connectivity index (χ4n) is 1.15. The van der Waals surface area contributed by atoms with Crippen LogP contribution in [0.3, 0.4) is 0 Å². The number of aliphatic hydroxyl groups is 1. The van der Waals surface area contributed by atoms with Crippen LogP contribution in [-0.4, -0.2) is 15.8 Å². The van der Waals surface area contributed by atoms with Crippen LogP contribution in [-0.2, 0) is 6.42 Å². The molecule has 0 aliphatic rings. The fraction of sp³-hybridized carbons (Fsp3) is 0.400. The van der Waals surface area contributed by atoms with Crippen LogP contribution in [0.1, 0.15) is 19.4 Å². The molecule has 0 aliphatic carbocycles. The highest BCUT2D eigenvalue weighted by Crippen LogP contribution is 2.25. The van der Waals surface area contributed by atoms with Crippen LogP contribution in [0.2, 0.25) is 0 Å². The summed E-state index contributed by atoms with van der Waals surface area (Å²) < 4.78 is 0.837. The van der Waals surface area contributed by atoms with Crippen molar-refractivity contribution in [3.8, 4) is 5.75 Å². The molecule has 3 heteroatoms. The third-order valence-corrected chi connectivity index (χ3v) is 2.16. The molecule has 2 N–H and O–H groups in total. The minimum absolute atomic E-state index is 0.219. The van der Waals surface area contributed by atoms with Gasteiger partial charge in [0.05, 0.1) is 5.60 Å². The Morgan fingerprint density at radius 3 is 2.46 bits per heavy atom. The smallest absolute Gasteiger partial charge is 0.119 e. The topological polar surface area (TPSA) is 40.5 Å². The van der Waals surface area contributed by atoms with E-state index in [4.69, 9.17) is 0 Å². The first-order valence-corrected chi connectivity index (χ1v) is 4.87. The van der Waals surface area contributed by atoms with E-state index in [0.717, 1.165) is 10.0 Å². The number of aromatic hydroxyl groups is 1. The van der Waals surface area contributed by atoms with Crippen molar-refractivity contribution in [1.82, 2.24) is 0 Å². The second-order valence-corrected chi connectivity index (χ2v) is 4.68. The Morgan fingerprint density at radius 1 is 1.38 bits per heavy atom. The van der Waals surface area contributed by atoms with E-state index in [-0.39, 0.29) is 5.75 Å². The molecule has 0 heterocycles. The van der Waals surface area contributed by atoms with Gasteiger partial charge >= 0.3 is 0 Å². The maximum atomic E-state index is 9.54. The molecular weight excluding hydrogens is 232 g/mol. The van der Waals surface area contributed by atoms with Crippen molar-refractivity contribution < 1.29 is 10.2 Å². The standard InChI is InChI=1S/C10H13BrO2/c1-10(2,13)6-7-3-4-8(11)5-9(7)12/h3-5,12-13H,6H2,1-2H3. The number of benzene rings is 1. The van der Waals surface area contributed by atoms with Gasteiger partial charge in [0.25, 0.3) is 0 Å². The van der Waals surface area contributed by atoms with Gasteiger partial charge in [0.2, 0.25) is 0 Å². The number of halogens is 1.